The number of hydrogen-bond acceptors (Lipinski definition) is 7. The van der Waals surface area contributed by atoms with Gasteiger partial charge in [0.2, 0.25) is 0 Å². The molecule has 1 amide bonds. The first kappa shape index (κ1) is 32.9. The number of ether oxygens (including phenoxy) is 4. The van der Waals surface area contributed by atoms with Crippen LogP contribution >= 0.6 is 20.3 Å². The van der Waals surface area contributed by atoms with Crippen molar-refractivity contribution in [3.63, 3.8) is 0 Å². The smallest absolute Gasteiger partial charge is 0.405 e. The fourth-order valence-corrected chi connectivity index (χ4v) is 4.43. The standard InChI is InChI=1S/C28H41ClNO8P/c1-25(2,3)36-28(38-39-33,37-26(4,5)6)27(7,30-24(31)32)17-16-20-8-12-22(13-9-20)34-18-19-35-23-14-10-21(29)11-15-23/h8-15,30H,16-19,39H2,1-7H3,(H,31,32). The second-order valence-corrected chi connectivity index (χ2v) is 12.1. The van der Waals surface area contributed by atoms with E-state index in [2.05, 4.69) is 5.32 Å². The molecule has 0 bridgehead atoms. The Kier molecular flexibility index (Phi) is 11.7. The number of amides is 1. The van der Waals surface area contributed by atoms with Gasteiger partial charge in [0.05, 0.1) is 11.2 Å². The van der Waals surface area contributed by atoms with E-state index in [1.165, 1.54) is 0 Å². The lowest BCUT2D eigenvalue weighted by atomic mass is 9.89. The van der Waals surface area contributed by atoms with E-state index < -0.39 is 37.5 Å². The first-order valence-corrected chi connectivity index (χ1v) is 14.0. The Morgan fingerprint density at radius 1 is 0.846 bits per heavy atom. The van der Waals surface area contributed by atoms with E-state index in [1.807, 2.05) is 24.3 Å². The molecule has 0 saturated heterocycles. The predicted octanol–water partition coefficient (Wildman–Crippen LogP) is 6.73. The van der Waals surface area contributed by atoms with Gasteiger partial charge >= 0.3 is 12.1 Å². The monoisotopic (exact) mass is 585 g/mol. The zero-order valence-electron chi connectivity index (χ0n) is 23.7. The van der Waals surface area contributed by atoms with Gasteiger partial charge in [-0.2, -0.15) is 0 Å². The minimum atomic E-state index is -1.95. The molecule has 0 aliphatic rings. The third kappa shape index (κ3) is 11.0. The highest BCUT2D eigenvalue weighted by Gasteiger charge is 2.57. The summed E-state index contributed by atoms with van der Waals surface area (Å²) in [6, 6.07) is 14.6. The van der Waals surface area contributed by atoms with Crippen molar-refractivity contribution in [3.8, 4) is 11.5 Å². The third-order valence-corrected chi connectivity index (χ3v) is 6.07. The van der Waals surface area contributed by atoms with Crippen molar-refractivity contribution in [2.45, 2.75) is 84.0 Å². The molecule has 2 N–H and O–H groups in total. The Labute approximate surface area is 237 Å². The lowest BCUT2D eigenvalue weighted by molar-refractivity contribution is -0.423. The van der Waals surface area contributed by atoms with Crippen LogP contribution in [0, 0.1) is 0 Å². The van der Waals surface area contributed by atoms with Gasteiger partial charge in [0.25, 0.3) is 0 Å². The van der Waals surface area contributed by atoms with Crippen LogP contribution in [-0.2, 0) is 25.0 Å². The van der Waals surface area contributed by atoms with E-state index in [1.54, 1.807) is 72.7 Å². The van der Waals surface area contributed by atoms with E-state index in [0.717, 1.165) is 5.56 Å². The molecule has 0 spiro atoms. The molecule has 2 rings (SSSR count). The normalized spacial score (nSPS) is 14.3. The average Bonchev–Trinajstić information content (AvgIpc) is 2.80. The Balaban J connectivity index is 2.14. The summed E-state index contributed by atoms with van der Waals surface area (Å²) in [4.78, 5) is 11.9. The quantitative estimate of drug-likeness (QED) is 0.143. The Hall–Kier alpha value is -2.29. The largest absolute Gasteiger partial charge is 0.490 e. The van der Waals surface area contributed by atoms with Crippen LogP contribution in [0.15, 0.2) is 48.5 Å². The van der Waals surface area contributed by atoms with Gasteiger partial charge in [0.1, 0.15) is 30.3 Å². The van der Waals surface area contributed by atoms with Gasteiger partial charge in [0.15, 0.2) is 8.69 Å². The van der Waals surface area contributed by atoms with Crippen LogP contribution in [0.3, 0.4) is 0 Å². The second kappa shape index (κ2) is 13.9. The number of aryl methyl sites for hydroxylation is 1. The van der Waals surface area contributed by atoms with Gasteiger partial charge in [-0.25, -0.2) is 4.79 Å². The van der Waals surface area contributed by atoms with E-state index in [-0.39, 0.29) is 6.42 Å². The average molecular weight is 586 g/mol. The topological polar surface area (TPSA) is 113 Å². The SMILES string of the molecule is CC(C)(C)OC(O[PH2]=O)(OC(C)(C)C)C(C)(CCc1ccc(OCCOc2ccc(Cl)cc2)cc1)NC(=O)O. The molecule has 0 radical (unpaired) electrons. The summed E-state index contributed by atoms with van der Waals surface area (Å²) < 4.78 is 41.4. The van der Waals surface area contributed by atoms with E-state index in [0.29, 0.717) is 36.2 Å². The molecule has 218 valence electrons. The molecular weight excluding hydrogens is 545 g/mol. The van der Waals surface area contributed by atoms with Crippen molar-refractivity contribution >= 4 is 26.4 Å². The summed E-state index contributed by atoms with van der Waals surface area (Å²) in [5.41, 5.74) is -2.12. The summed E-state index contributed by atoms with van der Waals surface area (Å²) in [7, 11) is -1.79. The highest BCUT2D eigenvalue weighted by atomic mass is 35.5. The highest BCUT2D eigenvalue weighted by molar-refractivity contribution is 7.17. The van der Waals surface area contributed by atoms with Crippen LogP contribution in [0.4, 0.5) is 4.79 Å². The zero-order chi connectivity index (χ0) is 29.3. The van der Waals surface area contributed by atoms with Crippen LogP contribution in [0.5, 0.6) is 11.5 Å². The zero-order valence-corrected chi connectivity index (χ0v) is 25.6. The Bertz CT molecular complexity index is 1050. The lowest BCUT2D eigenvalue weighted by Gasteiger charge is -2.50. The molecule has 0 fully saturated rings. The summed E-state index contributed by atoms with van der Waals surface area (Å²) >= 11 is 5.88. The van der Waals surface area contributed by atoms with Crippen molar-refractivity contribution in [2.24, 2.45) is 0 Å². The number of rotatable bonds is 14. The van der Waals surface area contributed by atoms with Crippen LogP contribution < -0.4 is 14.8 Å². The number of carbonyl (C=O) groups is 1. The molecule has 2 aromatic rings. The third-order valence-electron chi connectivity index (χ3n) is 5.41. The summed E-state index contributed by atoms with van der Waals surface area (Å²) in [5, 5.41) is 12.9. The van der Waals surface area contributed by atoms with E-state index in [4.69, 9.17) is 35.1 Å². The highest BCUT2D eigenvalue weighted by Crippen LogP contribution is 2.42. The molecule has 2 aromatic carbocycles. The minimum absolute atomic E-state index is 0.222. The molecular formula is C28H41ClNO8P. The molecule has 39 heavy (non-hydrogen) atoms. The van der Waals surface area contributed by atoms with Crippen molar-refractivity contribution in [1.82, 2.24) is 5.32 Å². The minimum Gasteiger partial charge on any atom is -0.490 e. The number of hydrogen-bond donors (Lipinski definition) is 2. The van der Waals surface area contributed by atoms with Crippen LogP contribution in [0.2, 0.25) is 5.02 Å². The maximum atomic E-state index is 11.9. The molecule has 0 aliphatic heterocycles. The second-order valence-electron chi connectivity index (χ2n) is 11.3. The molecule has 0 heterocycles. The first-order valence-electron chi connectivity index (χ1n) is 12.7. The summed E-state index contributed by atoms with van der Waals surface area (Å²) in [5.74, 6) is -0.572. The van der Waals surface area contributed by atoms with Crippen molar-refractivity contribution in [2.75, 3.05) is 13.2 Å². The molecule has 2 unspecified atom stereocenters. The lowest BCUT2D eigenvalue weighted by Crippen LogP contribution is -2.68. The summed E-state index contributed by atoms with van der Waals surface area (Å²) in [6.07, 6.45) is -0.622. The van der Waals surface area contributed by atoms with Crippen molar-refractivity contribution < 1.29 is 37.9 Å². The molecule has 0 saturated carbocycles. The van der Waals surface area contributed by atoms with Gasteiger partial charge in [-0.15, -0.1) is 0 Å². The van der Waals surface area contributed by atoms with Crippen LogP contribution in [0.25, 0.3) is 0 Å². The van der Waals surface area contributed by atoms with E-state index >= 15 is 0 Å². The fraction of sp³-hybridized carbons (Fsp3) is 0.536. The number of nitrogens with one attached hydrogen (secondary N) is 1. The Morgan fingerprint density at radius 3 is 1.72 bits per heavy atom. The first-order chi connectivity index (χ1) is 18.1. The molecule has 11 heteroatoms. The van der Waals surface area contributed by atoms with Gasteiger partial charge in [0, 0.05) is 5.02 Å². The van der Waals surface area contributed by atoms with Gasteiger partial charge < -0.3 is 29.4 Å². The van der Waals surface area contributed by atoms with E-state index in [9.17, 15) is 14.5 Å². The predicted molar refractivity (Wildman–Crippen MR) is 153 cm³/mol. The number of halogens is 1. The molecule has 0 aromatic heterocycles. The van der Waals surface area contributed by atoms with Crippen LogP contribution in [0.1, 0.15) is 60.5 Å². The van der Waals surface area contributed by atoms with Crippen molar-refractivity contribution in [3.05, 3.63) is 59.1 Å². The summed E-state index contributed by atoms with van der Waals surface area (Å²) in [6.45, 7) is 13.1. The van der Waals surface area contributed by atoms with Crippen molar-refractivity contribution in [1.29, 1.82) is 0 Å². The fourth-order valence-electron chi connectivity index (χ4n) is 3.82. The maximum Gasteiger partial charge on any atom is 0.405 e. The molecule has 9 nitrogen and oxygen atoms in total. The van der Waals surface area contributed by atoms with Crippen LogP contribution in [-0.4, -0.2) is 47.1 Å². The molecule has 2 atom stereocenters. The van der Waals surface area contributed by atoms with Gasteiger partial charge in [-0.1, -0.05) is 23.7 Å². The molecule has 0 aliphatic carbocycles. The van der Waals surface area contributed by atoms with Gasteiger partial charge in [-0.05, 0) is 103 Å². The number of carboxylic acid groups (broad SMARTS) is 1. The van der Waals surface area contributed by atoms with Gasteiger partial charge in [-0.3, -0.25) is 9.09 Å². The Morgan fingerprint density at radius 2 is 1.31 bits per heavy atom. The number of benzene rings is 2. The maximum absolute atomic E-state index is 11.9.